The van der Waals surface area contributed by atoms with Crippen LogP contribution in [0.3, 0.4) is 0 Å². The van der Waals surface area contributed by atoms with Crippen molar-refractivity contribution in [2.24, 2.45) is 0 Å². The number of rotatable bonds is 2. The van der Waals surface area contributed by atoms with Crippen LogP contribution in [0.4, 0.5) is 5.69 Å². The molecule has 0 aliphatic rings. The summed E-state index contributed by atoms with van der Waals surface area (Å²) in [6, 6.07) is 3.81. The van der Waals surface area contributed by atoms with Crippen LogP contribution >= 0.6 is 11.6 Å². The fourth-order valence-electron chi connectivity index (χ4n) is 0.829. The number of benzene rings is 1. The van der Waals surface area contributed by atoms with Gasteiger partial charge in [0.15, 0.2) is 0 Å². The van der Waals surface area contributed by atoms with Crippen LogP contribution in [0.25, 0.3) is 0 Å². The Morgan fingerprint density at radius 2 is 2.08 bits per heavy atom. The molecular formula is C7H7ClNO3S. The van der Waals surface area contributed by atoms with E-state index in [9.17, 15) is 8.42 Å². The van der Waals surface area contributed by atoms with Crippen LogP contribution in [0.5, 0.6) is 0 Å². The molecule has 0 saturated carbocycles. The van der Waals surface area contributed by atoms with Crippen molar-refractivity contribution in [1.29, 1.82) is 0 Å². The van der Waals surface area contributed by atoms with Crippen molar-refractivity contribution in [3.8, 4) is 0 Å². The fourth-order valence-corrected chi connectivity index (χ4v) is 1.67. The highest BCUT2D eigenvalue weighted by Gasteiger charge is 2.11. The highest BCUT2D eigenvalue weighted by atomic mass is 35.5. The molecule has 0 fully saturated rings. The molecule has 0 spiro atoms. The molecule has 6 heteroatoms. The van der Waals surface area contributed by atoms with Crippen LogP contribution in [-0.4, -0.2) is 20.0 Å². The summed E-state index contributed by atoms with van der Waals surface area (Å²) < 4.78 is 30.0. The molecule has 1 N–H and O–H groups in total. The van der Waals surface area contributed by atoms with Crippen molar-refractivity contribution in [1.82, 2.24) is 5.32 Å². The summed E-state index contributed by atoms with van der Waals surface area (Å²) >= 11 is 5.67. The first-order valence-electron chi connectivity index (χ1n) is 3.32. The van der Waals surface area contributed by atoms with Gasteiger partial charge in [0.25, 0.3) is 10.1 Å². The van der Waals surface area contributed by atoms with Gasteiger partial charge in [0, 0.05) is 7.05 Å². The van der Waals surface area contributed by atoms with Gasteiger partial charge >= 0.3 is 0 Å². The van der Waals surface area contributed by atoms with Crippen molar-refractivity contribution in [3.63, 3.8) is 0 Å². The van der Waals surface area contributed by atoms with Gasteiger partial charge in [-0.25, -0.2) is 0 Å². The average Bonchev–Trinajstić information content (AvgIpc) is 2.02. The highest BCUT2D eigenvalue weighted by Crippen LogP contribution is 2.24. The molecule has 0 aliphatic carbocycles. The molecular weight excluding hydrogens is 214 g/mol. The van der Waals surface area contributed by atoms with Gasteiger partial charge in [-0.15, -0.1) is 0 Å². The molecule has 4 nitrogen and oxygen atoms in total. The Hall–Kier alpha value is -0.780. The summed E-state index contributed by atoms with van der Waals surface area (Å²) in [5.74, 6) is 0. The Labute approximate surface area is 81.3 Å². The molecule has 0 amide bonds. The summed E-state index contributed by atoms with van der Waals surface area (Å²) in [5, 5.41) is 3.98. The van der Waals surface area contributed by atoms with E-state index in [1.165, 1.54) is 19.2 Å². The minimum Gasteiger partial charge on any atom is -0.287 e. The van der Waals surface area contributed by atoms with Gasteiger partial charge in [-0.2, -0.15) is 8.42 Å². The van der Waals surface area contributed by atoms with E-state index in [4.69, 9.17) is 16.2 Å². The van der Waals surface area contributed by atoms with Crippen molar-refractivity contribution < 1.29 is 13.0 Å². The van der Waals surface area contributed by atoms with Gasteiger partial charge in [0.1, 0.15) is 0 Å². The van der Waals surface area contributed by atoms with E-state index in [2.05, 4.69) is 5.32 Å². The minimum atomic E-state index is -4.18. The van der Waals surface area contributed by atoms with E-state index >= 15 is 0 Å². The molecule has 13 heavy (non-hydrogen) atoms. The van der Waals surface area contributed by atoms with E-state index in [0.29, 0.717) is 5.69 Å². The van der Waals surface area contributed by atoms with Crippen LogP contribution in [0.1, 0.15) is 0 Å². The highest BCUT2D eigenvalue weighted by molar-refractivity contribution is 7.85. The summed E-state index contributed by atoms with van der Waals surface area (Å²) in [5.41, 5.74) is 0.481. The Kier molecular flexibility index (Phi) is 2.80. The summed E-state index contributed by atoms with van der Waals surface area (Å²) in [4.78, 5) is -0.232. The normalized spacial score (nSPS) is 11.3. The Balaban J connectivity index is 3.26. The molecule has 1 aromatic rings. The minimum absolute atomic E-state index is 0.192. The average molecular weight is 221 g/mol. The van der Waals surface area contributed by atoms with Gasteiger partial charge in [-0.1, -0.05) is 11.6 Å². The first-order valence-corrected chi connectivity index (χ1v) is 5.14. The zero-order chi connectivity index (χ0) is 10.1. The smallest absolute Gasteiger partial charge is 0.287 e. The van der Waals surface area contributed by atoms with Gasteiger partial charge in [-0.3, -0.25) is 9.87 Å². The third-order valence-electron chi connectivity index (χ3n) is 1.46. The largest absolute Gasteiger partial charge is 0.294 e. The van der Waals surface area contributed by atoms with Crippen molar-refractivity contribution >= 4 is 27.4 Å². The lowest BCUT2D eigenvalue weighted by Crippen LogP contribution is -1.98. The Morgan fingerprint density at radius 1 is 1.46 bits per heavy atom. The molecule has 0 atom stereocenters. The molecule has 1 radical (unpaired) electrons. The van der Waals surface area contributed by atoms with Crippen LogP contribution in [-0.2, 0) is 10.1 Å². The molecule has 0 heterocycles. The predicted molar refractivity (Wildman–Crippen MR) is 49.0 cm³/mol. The molecule has 71 valence electrons. The van der Waals surface area contributed by atoms with E-state index in [-0.39, 0.29) is 9.92 Å². The van der Waals surface area contributed by atoms with Crippen LogP contribution in [0, 0.1) is 0 Å². The maximum atomic E-state index is 10.7. The predicted octanol–water partition coefficient (Wildman–Crippen LogP) is 1.45. The standard InChI is InChI=1S/C7H7ClNO3S/c1-9-7-3-2-5(4-6(7)8)13(10,11)12/h2-4H,1H3,(H,10,11,12). The number of hydrogen-bond acceptors (Lipinski definition) is 2. The lowest BCUT2D eigenvalue weighted by Gasteiger charge is -2.02. The zero-order valence-electron chi connectivity index (χ0n) is 6.73. The second kappa shape index (κ2) is 3.53. The SMILES string of the molecule is C[N]c1ccc(S(=O)(=O)O)cc1Cl. The Morgan fingerprint density at radius 3 is 2.46 bits per heavy atom. The Bertz CT molecular complexity index is 416. The second-order valence-corrected chi connectivity index (χ2v) is 4.14. The van der Waals surface area contributed by atoms with Gasteiger partial charge in [0.2, 0.25) is 0 Å². The van der Waals surface area contributed by atoms with Crippen molar-refractivity contribution in [3.05, 3.63) is 23.2 Å². The maximum absolute atomic E-state index is 10.7. The van der Waals surface area contributed by atoms with Crippen LogP contribution in [0.15, 0.2) is 23.1 Å². The van der Waals surface area contributed by atoms with Gasteiger partial charge in [0.05, 0.1) is 15.6 Å². The van der Waals surface area contributed by atoms with Crippen LogP contribution in [0.2, 0.25) is 5.02 Å². The van der Waals surface area contributed by atoms with Gasteiger partial charge < -0.3 is 0 Å². The van der Waals surface area contributed by atoms with E-state index in [1.54, 1.807) is 0 Å². The quantitative estimate of drug-likeness (QED) is 0.767. The second-order valence-electron chi connectivity index (χ2n) is 2.31. The molecule has 1 aromatic carbocycles. The molecule has 0 aliphatic heterocycles. The van der Waals surface area contributed by atoms with E-state index < -0.39 is 10.1 Å². The third-order valence-corrected chi connectivity index (χ3v) is 2.61. The number of nitrogens with zero attached hydrogens (tertiary/aromatic N) is 1. The lowest BCUT2D eigenvalue weighted by molar-refractivity contribution is 0.483. The monoisotopic (exact) mass is 220 g/mol. The van der Waals surface area contributed by atoms with Crippen molar-refractivity contribution in [2.75, 3.05) is 7.05 Å². The first kappa shape index (κ1) is 10.3. The number of hydrogen-bond donors (Lipinski definition) is 1. The summed E-state index contributed by atoms with van der Waals surface area (Å²) in [6.07, 6.45) is 0. The molecule has 0 unspecified atom stereocenters. The molecule has 0 aromatic heterocycles. The summed E-state index contributed by atoms with van der Waals surface area (Å²) in [6.45, 7) is 0. The fraction of sp³-hybridized carbons (Fsp3) is 0.143. The van der Waals surface area contributed by atoms with E-state index in [1.807, 2.05) is 0 Å². The lowest BCUT2D eigenvalue weighted by atomic mass is 10.3. The van der Waals surface area contributed by atoms with E-state index in [0.717, 1.165) is 6.07 Å². The summed E-state index contributed by atoms with van der Waals surface area (Å²) in [7, 11) is -2.64. The van der Waals surface area contributed by atoms with Crippen molar-refractivity contribution in [2.45, 2.75) is 4.90 Å². The molecule has 0 saturated heterocycles. The third kappa shape index (κ3) is 2.33. The van der Waals surface area contributed by atoms with Crippen LogP contribution < -0.4 is 5.32 Å². The maximum Gasteiger partial charge on any atom is 0.294 e. The first-order chi connectivity index (χ1) is 5.95. The van der Waals surface area contributed by atoms with Gasteiger partial charge in [-0.05, 0) is 18.2 Å². The topological polar surface area (TPSA) is 68.5 Å². The number of halogens is 1. The zero-order valence-corrected chi connectivity index (χ0v) is 8.30. The molecule has 0 bridgehead atoms. The molecule has 1 rings (SSSR count).